The van der Waals surface area contributed by atoms with Crippen LogP contribution in [0.1, 0.15) is 15.2 Å². The average Bonchev–Trinajstić information content (AvgIpc) is 3.11. The van der Waals surface area contributed by atoms with E-state index in [1.165, 1.54) is 11.3 Å². The topological polar surface area (TPSA) is 29.5 Å². The van der Waals surface area contributed by atoms with Crippen LogP contribution in [0, 0.1) is 0 Å². The van der Waals surface area contributed by atoms with E-state index in [-0.39, 0.29) is 5.91 Å². The van der Waals surface area contributed by atoms with Crippen LogP contribution in [0.4, 0.5) is 5.69 Å². The van der Waals surface area contributed by atoms with Gasteiger partial charge in [-0.2, -0.15) is 0 Å². The van der Waals surface area contributed by atoms with Gasteiger partial charge in [0.1, 0.15) is 12.4 Å². The van der Waals surface area contributed by atoms with Crippen LogP contribution in [0.15, 0.2) is 73.3 Å². The first-order valence-electron chi connectivity index (χ1n) is 8.10. The maximum absolute atomic E-state index is 13.1. The van der Waals surface area contributed by atoms with E-state index in [1.54, 1.807) is 11.0 Å². The van der Waals surface area contributed by atoms with Crippen molar-refractivity contribution in [2.75, 3.05) is 11.4 Å². The molecule has 0 atom stereocenters. The van der Waals surface area contributed by atoms with Gasteiger partial charge in [-0.3, -0.25) is 4.79 Å². The summed E-state index contributed by atoms with van der Waals surface area (Å²) in [5, 5.41) is 0. The predicted molar refractivity (Wildman–Crippen MR) is 102 cm³/mol. The van der Waals surface area contributed by atoms with Gasteiger partial charge in [-0.05, 0) is 30.3 Å². The lowest BCUT2D eigenvalue weighted by Gasteiger charge is -2.20. The maximum Gasteiger partial charge on any atom is 0.268 e. The summed E-state index contributed by atoms with van der Waals surface area (Å²) in [7, 11) is 0. The van der Waals surface area contributed by atoms with Gasteiger partial charge < -0.3 is 9.64 Å². The fourth-order valence-electron chi connectivity index (χ4n) is 2.98. The molecule has 124 valence electrons. The summed E-state index contributed by atoms with van der Waals surface area (Å²) in [5.41, 5.74) is 3.00. The molecular formula is C21H17NO2S. The molecule has 1 aromatic heterocycles. The molecule has 0 saturated heterocycles. The van der Waals surface area contributed by atoms with Gasteiger partial charge in [0.05, 0.1) is 4.88 Å². The summed E-state index contributed by atoms with van der Waals surface area (Å²) in [6.45, 7) is 4.76. The molecule has 1 aliphatic rings. The third-order valence-corrected chi connectivity index (χ3v) is 5.36. The van der Waals surface area contributed by atoms with E-state index in [0.717, 1.165) is 32.3 Å². The average molecular weight is 347 g/mol. The quantitative estimate of drug-likeness (QED) is 0.612. The normalized spacial score (nSPS) is 11.8. The first kappa shape index (κ1) is 15.7. The number of ether oxygens (including phenoxy) is 1. The molecule has 0 unspecified atom stereocenters. The van der Waals surface area contributed by atoms with Crippen molar-refractivity contribution in [1.82, 2.24) is 0 Å². The predicted octanol–water partition coefficient (Wildman–Crippen LogP) is 5.14. The van der Waals surface area contributed by atoms with E-state index in [4.69, 9.17) is 4.74 Å². The number of carbonyl (C=O) groups is 1. The van der Waals surface area contributed by atoms with Gasteiger partial charge in [-0.1, -0.05) is 36.4 Å². The van der Waals surface area contributed by atoms with Crippen molar-refractivity contribution in [2.24, 2.45) is 0 Å². The lowest BCUT2D eigenvalue weighted by molar-refractivity contribution is 0.0993. The minimum atomic E-state index is -0.0111. The summed E-state index contributed by atoms with van der Waals surface area (Å²) in [6, 6.07) is 19.6. The second-order valence-corrected chi connectivity index (χ2v) is 6.84. The zero-order chi connectivity index (χ0) is 17.2. The summed E-state index contributed by atoms with van der Waals surface area (Å²) in [4.78, 5) is 16.7. The van der Waals surface area contributed by atoms with E-state index in [0.29, 0.717) is 13.2 Å². The number of nitrogens with zero attached hydrogens (tertiary/aromatic N) is 1. The summed E-state index contributed by atoms with van der Waals surface area (Å²) in [6.07, 6.45) is 1.75. The van der Waals surface area contributed by atoms with Gasteiger partial charge in [0.2, 0.25) is 0 Å². The van der Waals surface area contributed by atoms with Gasteiger partial charge in [0.25, 0.3) is 5.91 Å². The van der Waals surface area contributed by atoms with E-state index >= 15 is 0 Å². The van der Waals surface area contributed by atoms with Crippen LogP contribution in [0.3, 0.4) is 0 Å². The Balaban J connectivity index is 1.72. The molecule has 1 amide bonds. The van der Waals surface area contributed by atoms with Crippen molar-refractivity contribution < 1.29 is 9.53 Å². The molecule has 0 radical (unpaired) electrons. The van der Waals surface area contributed by atoms with Crippen LogP contribution in [-0.4, -0.2) is 12.5 Å². The summed E-state index contributed by atoms with van der Waals surface area (Å²) < 4.78 is 5.80. The SMILES string of the molecule is C=CCN(C(=O)c1cc2c(s1)-c1ccccc1OC2)c1ccccc1. The zero-order valence-corrected chi connectivity index (χ0v) is 14.5. The lowest BCUT2D eigenvalue weighted by Crippen LogP contribution is -2.30. The van der Waals surface area contributed by atoms with Crippen LogP contribution in [0.5, 0.6) is 5.75 Å². The standard InChI is InChI=1S/C21H17NO2S/c1-2-12-22(16-8-4-3-5-9-16)21(23)19-13-15-14-24-18-11-7-6-10-17(18)20(15)25-19/h2-11,13H,1,12,14H2. The number of hydrogen-bond acceptors (Lipinski definition) is 3. The Bertz CT molecular complexity index is 930. The number of thiophene rings is 1. The van der Waals surface area contributed by atoms with Crippen LogP contribution in [-0.2, 0) is 6.61 Å². The highest BCUT2D eigenvalue weighted by molar-refractivity contribution is 7.17. The zero-order valence-electron chi connectivity index (χ0n) is 13.6. The fourth-order valence-corrected chi connectivity index (χ4v) is 4.13. The van der Waals surface area contributed by atoms with Crippen molar-refractivity contribution in [3.63, 3.8) is 0 Å². The Hall–Kier alpha value is -2.85. The lowest BCUT2D eigenvalue weighted by atomic mass is 10.1. The number of para-hydroxylation sites is 2. The van der Waals surface area contributed by atoms with Gasteiger partial charge >= 0.3 is 0 Å². The molecule has 3 aromatic rings. The molecule has 25 heavy (non-hydrogen) atoms. The third kappa shape index (κ3) is 2.85. The van der Waals surface area contributed by atoms with Gasteiger partial charge in [0, 0.05) is 28.2 Å². The Morgan fingerprint density at radius 2 is 1.92 bits per heavy atom. The number of hydrogen-bond donors (Lipinski definition) is 0. The number of amides is 1. The van der Waals surface area contributed by atoms with Gasteiger partial charge in [-0.15, -0.1) is 17.9 Å². The van der Waals surface area contributed by atoms with Crippen molar-refractivity contribution in [1.29, 1.82) is 0 Å². The molecule has 2 aromatic carbocycles. The van der Waals surface area contributed by atoms with E-state index in [2.05, 4.69) is 6.58 Å². The van der Waals surface area contributed by atoms with Crippen molar-refractivity contribution in [2.45, 2.75) is 6.61 Å². The first-order chi connectivity index (χ1) is 12.3. The molecule has 0 saturated carbocycles. The number of benzene rings is 2. The minimum Gasteiger partial charge on any atom is -0.488 e. The molecule has 3 nitrogen and oxygen atoms in total. The Morgan fingerprint density at radius 1 is 1.16 bits per heavy atom. The second kappa shape index (κ2) is 6.57. The van der Waals surface area contributed by atoms with Crippen molar-refractivity contribution in [3.8, 4) is 16.2 Å². The smallest absolute Gasteiger partial charge is 0.268 e. The number of anilines is 1. The Kier molecular flexibility index (Phi) is 4.12. The highest BCUT2D eigenvalue weighted by Gasteiger charge is 2.25. The summed E-state index contributed by atoms with van der Waals surface area (Å²) >= 11 is 1.53. The first-order valence-corrected chi connectivity index (χ1v) is 8.92. The molecule has 4 heteroatoms. The second-order valence-electron chi connectivity index (χ2n) is 5.79. The highest BCUT2D eigenvalue weighted by atomic mass is 32.1. The Morgan fingerprint density at radius 3 is 2.72 bits per heavy atom. The molecule has 4 rings (SSSR count). The van der Waals surface area contributed by atoms with Crippen LogP contribution in [0.2, 0.25) is 0 Å². The number of rotatable bonds is 4. The molecule has 0 aliphatic carbocycles. The third-order valence-electron chi connectivity index (χ3n) is 4.16. The monoisotopic (exact) mass is 347 g/mol. The maximum atomic E-state index is 13.1. The van der Waals surface area contributed by atoms with Crippen LogP contribution in [0.25, 0.3) is 10.4 Å². The van der Waals surface area contributed by atoms with Gasteiger partial charge in [0.15, 0.2) is 0 Å². The molecule has 1 aliphatic heterocycles. The summed E-state index contributed by atoms with van der Waals surface area (Å²) in [5.74, 6) is 0.866. The number of carbonyl (C=O) groups excluding carboxylic acids is 1. The minimum absolute atomic E-state index is 0.0111. The highest BCUT2D eigenvalue weighted by Crippen LogP contribution is 2.42. The molecule has 0 fully saturated rings. The number of fused-ring (bicyclic) bond motifs is 3. The van der Waals surface area contributed by atoms with Gasteiger partial charge in [-0.25, -0.2) is 0 Å². The molecule has 0 spiro atoms. The van der Waals surface area contributed by atoms with E-state index < -0.39 is 0 Å². The largest absolute Gasteiger partial charge is 0.488 e. The van der Waals surface area contributed by atoms with E-state index in [9.17, 15) is 4.79 Å². The molecule has 0 bridgehead atoms. The molecular weight excluding hydrogens is 330 g/mol. The van der Waals surface area contributed by atoms with Crippen molar-refractivity contribution in [3.05, 3.63) is 83.8 Å². The Labute approximate surface area is 150 Å². The van der Waals surface area contributed by atoms with E-state index in [1.807, 2.05) is 60.7 Å². The molecule has 0 N–H and O–H groups in total. The fraction of sp³-hybridized carbons (Fsp3) is 0.0952. The molecule has 2 heterocycles. The van der Waals surface area contributed by atoms with Crippen LogP contribution >= 0.6 is 11.3 Å². The van der Waals surface area contributed by atoms with Crippen LogP contribution < -0.4 is 9.64 Å². The van der Waals surface area contributed by atoms with Crippen molar-refractivity contribution >= 4 is 22.9 Å².